The van der Waals surface area contributed by atoms with Gasteiger partial charge < -0.3 is 10.1 Å². The lowest BCUT2D eigenvalue weighted by molar-refractivity contribution is -0.153. The highest BCUT2D eigenvalue weighted by molar-refractivity contribution is 7.99. The molecular weight excluding hydrogens is 421 g/mol. The standard InChI is InChI=1S/C19H15F3N4O3S/c20-19(21,22)9-29-12-3-1-11(2-4-12)26-16(28)13-7-14(27)24-15(13)25-17(26)30-10-18(8-23)5-6-18/h1-4H,5-7,9-10H2,(H,24,27). The SMILES string of the molecule is N#CC1(CSc2nc3c(c(=O)n2-c2ccc(OCC(F)(F)F)cc2)CC(=O)N3)CC1. The number of carbonyl (C=O) groups excluding carboxylic acids is 1. The zero-order valence-electron chi connectivity index (χ0n) is 15.5. The minimum atomic E-state index is -4.46. The molecule has 2 aliphatic rings. The number of hydrogen-bond donors (Lipinski definition) is 1. The highest BCUT2D eigenvalue weighted by atomic mass is 32.2. The molecule has 30 heavy (non-hydrogen) atoms. The van der Waals surface area contributed by atoms with Crippen molar-refractivity contribution in [1.29, 1.82) is 5.26 Å². The van der Waals surface area contributed by atoms with Crippen LogP contribution >= 0.6 is 11.8 Å². The number of nitrogens with zero attached hydrogens (tertiary/aromatic N) is 3. The number of fused-ring (bicyclic) bond motifs is 1. The number of rotatable bonds is 6. The molecule has 7 nitrogen and oxygen atoms in total. The molecule has 0 atom stereocenters. The summed E-state index contributed by atoms with van der Waals surface area (Å²) in [4.78, 5) is 29.2. The van der Waals surface area contributed by atoms with Gasteiger partial charge in [0.1, 0.15) is 11.6 Å². The predicted molar refractivity (Wildman–Crippen MR) is 102 cm³/mol. The third-order valence-electron chi connectivity index (χ3n) is 4.81. The number of ether oxygens (including phenoxy) is 1. The number of carbonyl (C=O) groups is 1. The molecule has 0 spiro atoms. The first-order chi connectivity index (χ1) is 14.2. The van der Waals surface area contributed by atoms with E-state index >= 15 is 0 Å². The molecule has 1 aromatic heterocycles. The molecular formula is C19H15F3N4O3S. The van der Waals surface area contributed by atoms with Crippen molar-refractivity contribution in [2.24, 2.45) is 5.41 Å². The Kier molecular flexibility index (Phi) is 4.97. The Morgan fingerprint density at radius 3 is 2.57 bits per heavy atom. The maximum Gasteiger partial charge on any atom is 0.422 e. The quantitative estimate of drug-likeness (QED) is 0.552. The first-order valence-electron chi connectivity index (χ1n) is 9.00. The van der Waals surface area contributed by atoms with Crippen LogP contribution in [0.25, 0.3) is 5.69 Å². The van der Waals surface area contributed by atoms with Crippen LogP contribution in [-0.4, -0.2) is 34.0 Å². The lowest BCUT2D eigenvalue weighted by Gasteiger charge is -2.15. The normalized spacial score (nSPS) is 16.5. The minimum Gasteiger partial charge on any atom is -0.484 e. The number of nitriles is 1. The zero-order valence-corrected chi connectivity index (χ0v) is 16.3. The molecule has 2 heterocycles. The maximum atomic E-state index is 13.1. The van der Waals surface area contributed by atoms with Crippen molar-refractivity contribution in [1.82, 2.24) is 9.55 Å². The molecule has 1 amide bonds. The van der Waals surface area contributed by atoms with E-state index in [-0.39, 0.29) is 29.5 Å². The molecule has 0 saturated heterocycles. The Morgan fingerprint density at radius 2 is 1.97 bits per heavy atom. The van der Waals surface area contributed by atoms with Gasteiger partial charge in [-0.1, -0.05) is 11.8 Å². The van der Waals surface area contributed by atoms with Crippen molar-refractivity contribution in [3.05, 3.63) is 40.2 Å². The summed E-state index contributed by atoms with van der Waals surface area (Å²) in [5.74, 6) is 0.311. The molecule has 156 valence electrons. The van der Waals surface area contributed by atoms with Gasteiger partial charge in [0.25, 0.3) is 5.56 Å². The monoisotopic (exact) mass is 436 g/mol. The fourth-order valence-electron chi connectivity index (χ4n) is 2.96. The topological polar surface area (TPSA) is 97.0 Å². The highest BCUT2D eigenvalue weighted by Crippen LogP contribution is 2.48. The molecule has 1 aliphatic heterocycles. The number of aromatic nitrogens is 2. The van der Waals surface area contributed by atoms with Crippen molar-refractivity contribution in [2.75, 3.05) is 17.7 Å². The Hall–Kier alpha value is -3.00. The van der Waals surface area contributed by atoms with Crippen molar-refractivity contribution in [3.63, 3.8) is 0 Å². The number of hydrogen-bond acceptors (Lipinski definition) is 6. The van der Waals surface area contributed by atoms with Crippen molar-refractivity contribution in [2.45, 2.75) is 30.6 Å². The Balaban J connectivity index is 1.67. The van der Waals surface area contributed by atoms with Gasteiger partial charge in [-0.3, -0.25) is 14.2 Å². The van der Waals surface area contributed by atoms with E-state index in [1.54, 1.807) is 0 Å². The molecule has 2 aromatic rings. The molecule has 4 rings (SSSR count). The predicted octanol–water partition coefficient (Wildman–Crippen LogP) is 3.06. The van der Waals surface area contributed by atoms with Gasteiger partial charge in [0, 0.05) is 5.75 Å². The number of alkyl halides is 3. The van der Waals surface area contributed by atoms with E-state index in [0.717, 1.165) is 12.8 Å². The van der Waals surface area contributed by atoms with Gasteiger partial charge in [0.15, 0.2) is 11.8 Å². The van der Waals surface area contributed by atoms with E-state index in [1.807, 2.05) is 0 Å². The summed E-state index contributed by atoms with van der Waals surface area (Å²) < 4.78 is 43.0. The number of benzene rings is 1. The number of nitrogens with one attached hydrogen (secondary N) is 1. The lowest BCUT2D eigenvalue weighted by atomic mass is 10.2. The minimum absolute atomic E-state index is 0.00528. The first kappa shape index (κ1) is 20.3. The number of amides is 1. The molecule has 0 unspecified atom stereocenters. The molecule has 1 N–H and O–H groups in total. The summed E-state index contributed by atoms with van der Waals surface area (Å²) in [6.07, 6.45) is -3.01. The second-order valence-electron chi connectivity index (χ2n) is 7.17. The average Bonchev–Trinajstić information content (AvgIpc) is 3.39. The van der Waals surface area contributed by atoms with Crippen LogP contribution in [-0.2, 0) is 11.2 Å². The summed E-state index contributed by atoms with van der Waals surface area (Å²) >= 11 is 1.23. The number of thioether (sulfide) groups is 1. The van der Waals surface area contributed by atoms with E-state index in [1.165, 1.54) is 40.6 Å². The second kappa shape index (κ2) is 7.36. The number of halogens is 3. The van der Waals surface area contributed by atoms with Gasteiger partial charge in [-0.25, -0.2) is 4.98 Å². The van der Waals surface area contributed by atoms with Gasteiger partial charge >= 0.3 is 6.18 Å². The van der Waals surface area contributed by atoms with Gasteiger partial charge in [-0.2, -0.15) is 18.4 Å². The molecule has 11 heteroatoms. The Morgan fingerprint density at radius 1 is 1.27 bits per heavy atom. The molecule has 1 fully saturated rings. The van der Waals surface area contributed by atoms with Crippen molar-refractivity contribution >= 4 is 23.5 Å². The van der Waals surface area contributed by atoms with Crippen LogP contribution < -0.4 is 15.6 Å². The van der Waals surface area contributed by atoms with Gasteiger partial charge in [-0.05, 0) is 37.1 Å². The summed E-state index contributed by atoms with van der Waals surface area (Å²) in [5, 5.41) is 12.2. The van der Waals surface area contributed by atoms with E-state index in [2.05, 4.69) is 16.4 Å². The van der Waals surface area contributed by atoms with Crippen LogP contribution in [0.15, 0.2) is 34.2 Å². The summed E-state index contributed by atoms with van der Waals surface area (Å²) in [5.41, 5.74) is -0.279. The van der Waals surface area contributed by atoms with Crippen molar-refractivity contribution in [3.8, 4) is 17.5 Å². The molecule has 0 bridgehead atoms. The number of anilines is 1. The van der Waals surface area contributed by atoms with Crippen molar-refractivity contribution < 1.29 is 22.7 Å². The van der Waals surface area contributed by atoms with Crippen LogP contribution in [0.1, 0.15) is 18.4 Å². The fourth-order valence-corrected chi connectivity index (χ4v) is 4.19. The van der Waals surface area contributed by atoms with E-state index < -0.39 is 23.8 Å². The second-order valence-corrected chi connectivity index (χ2v) is 8.11. The summed E-state index contributed by atoms with van der Waals surface area (Å²) in [7, 11) is 0. The highest BCUT2D eigenvalue weighted by Gasteiger charge is 2.43. The molecule has 1 saturated carbocycles. The van der Waals surface area contributed by atoms with Gasteiger partial charge in [0.05, 0.1) is 29.2 Å². The van der Waals surface area contributed by atoms with Crippen LogP contribution in [0.5, 0.6) is 5.75 Å². The Labute approximate surface area is 172 Å². The largest absolute Gasteiger partial charge is 0.484 e. The van der Waals surface area contributed by atoms with Crippen LogP contribution in [0.2, 0.25) is 0 Å². The van der Waals surface area contributed by atoms with Crippen LogP contribution in [0.3, 0.4) is 0 Å². The molecule has 0 radical (unpaired) electrons. The summed E-state index contributed by atoms with van der Waals surface area (Å²) in [6.45, 7) is -1.42. The zero-order chi connectivity index (χ0) is 21.5. The third-order valence-corrected chi connectivity index (χ3v) is 6.04. The summed E-state index contributed by atoms with van der Waals surface area (Å²) in [6, 6.07) is 7.84. The fraction of sp³-hybridized carbons (Fsp3) is 0.368. The van der Waals surface area contributed by atoms with Gasteiger partial charge in [-0.15, -0.1) is 0 Å². The third kappa shape index (κ3) is 4.14. The van der Waals surface area contributed by atoms with Crippen LogP contribution in [0, 0.1) is 16.7 Å². The maximum absolute atomic E-state index is 13.1. The Bertz CT molecular complexity index is 1100. The smallest absolute Gasteiger partial charge is 0.422 e. The lowest BCUT2D eigenvalue weighted by Crippen LogP contribution is -2.25. The van der Waals surface area contributed by atoms with E-state index in [9.17, 15) is 28.0 Å². The first-order valence-corrected chi connectivity index (χ1v) is 9.98. The van der Waals surface area contributed by atoms with E-state index in [4.69, 9.17) is 4.74 Å². The van der Waals surface area contributed by atoms with E-state index in [0.29, 0.717) is 16.6 Å². The van der Waals surface area contributed by atoms with Gasteiger partial charge in [0.2, 0.25) is 5.91 Å². The van der Waals surface area contributed by atoms with Crippen LogP contribution in [0.4, 0.5) is 19.0 Å². The molecule has 1 aliphatic carbocycles. The average molecular weight is 436 g/mol. The molecule has 1 aromatic carbocycles.